The maximum Gasteiger partial charge on any atom is 0.244 e. The van der Waals surface area contributed by atoms with Crippen LogP contribution in [0, 0.1) is 10.1 Å². The van der Waals surface area contributed by atoms with Crippen molar-refractivity contribution in [1.29, 1.82) is 0 Å². The van der Waals surface area contributed by atoms with Crippen LogP contribution in [0.4, 0.5) is 0 Å². The summed E-state index contributed by atoms with van der Waals surface area (Å²) >= 11 is 0. The van der Waals surface area contributed by atoms with E-state index in [4.69, 9.17) is 0 Å². The van der Waals surface area contributed by atoms with Gasteiger partial charge in [0.1, 0.15) is 6.10 Å². The first-order valence-electron chi connectivity index (χ1n) is 12.3. The van der Waals surface area contributed by atoms with Gasteiger partial charge in [-0.3, -0.25) is 15.0 Å². The second-order valence-corrected chi connectivity index (χ2v) is 9.17. The molecule has 0 spiro atoms. The average molecular weight is 481 g/mol. The van der Waals surface area contributed by atoms with Gasteiger partial charge < -0.3 is 5.11 Å². The van der Waals surface area contributed by atoms with Crippen molar-refractivity contribution in [3.63, 3.8) is 0 Å². The Bertz CT molecular complexity index is 1150. The molecular formula is C31H32N2O3. The first-order chi connectivity index (χ1) is 17.6. The zero-order valence-electron chi connectivity index (χ0n) is 20.3. The Morgan fingerprint density at radius 2 is 0.972 bits per heavy atom. The number of rotatable bonds is 12. The van der Waals surface area contributed by atoms with E-state index in [0.29, 0.717) is 19.5 Å². The molecule has 2 unspecified atom stereocenters. The van der Waals surface area contributed by atoms with Crippen molar-refractivity contribution in [2.45, 2.75) is 44.1 Å². The van der Waals surface area contributed by atoms with E-state index in [2.05, 4.69) is 29.2 Å². The van der Waals surface area contributed by atoms with Gasteiger partial charge in [0.25, 0.3) is 0 Å². The van der Waals surface area contributed by atoms with Crippen molar-refractivity contribution in [3.05, 3.63) is 154 Å². The van der Waals surface area contributed by atoms with Gasteiger partial charge in [-0.05, 0) is 28.7 Å². The topological polar surface area (TPSA) is 66.6 Å². The molecule has 184 valence electrons. The third-order valence-electron chi connectivity index (χ3n) is 6.56. The van der Waals surface area contributed by atoms with E-state index in [0.717, 1.165) is 22.3 Å². The van der Waals surface area contributed by atoms with Crippen LogP contribution in [-0.2, 0) is 25.9 Å². The highest BCUT2D eigenvalue weighted by Crippen LogP contribution is 2.23. The molecule has 5 nitrogen and oxygen atoms in total. The molecule has 0 aromatic heterocycles. The van der Waals surface area contributed by atoms with Gasteiger partial charge in [0.2, 0.25) is 6.04 Å². The lowest BCUT2D eigenvalue weighted by Gasteiger charge is -2.36. The van der Waals surface area contributed by atoms with Crippen LogP contribution in [0.3, 0.4) is 0 Å². The molecule has 3 atom stereocenters. The summed E-state index contributed by atoms with van der Waals surface area (Å²) in [6, 6.07) is 37.9. The predicted octanol–water partition coefficient (Wildman–Crippen LogP) is 5.55. The Morgan fingerprint density at radius 3 is 1.36 bits per heavy atom. The van der Waals surface area contributed by atoms with Crippen LogP contribution < -0.4 is 0 Å². The number of aliphatic hydroxyl groups is 1. The van der Waals surface area contributed by atoms with Crippen molar-refractivity contribution < 1.29 is 10.0 Å². The van der Waals surface area contributed by atoms with Crippen molar-refractivity contribution in [3.8, 4) is 0 Å². The lowest BCUT2D eigenvalue weighted by molar-refractivity contribution is -0.535. The second kappa shape index (κ2) is 12.8. The Balaban J connectivity index is 1.70. The smallest absolute Gasteiger partial charge is 0.244 e. The molecule has 36 heavy (non-hydrogen) atoms. The predicted molar refractivity (Wildman–Crippen MR) is 143 cm³/mol. The first-order valence-corrected chi connectivity index (χ1v) is 12.3. The van der Waals surface area contributed by atoms with Crippen molar-refractivity contribution in [2.24, 2.45) is 0 Å². The highest BCUT2D eigenvalue weighted by Gasteiger charge is 2.39. The van der Waals surface area contributed by atoms with Crippen LogP contribution in [0.5, 0.6) is 0 Å². The third kappa shape index (κ3) is 7.11. The molecule has 0 heterocycles. The molecule has 5 heteroatoms. The molecule has 4 aromatic rings. The number of aliphatic hydroxyl groups excluding tert-OH is 1. The molecule has 1 N–H and O–H groups in total. The van der Waals surface area contributed by atoms with E-state index < -0.39 is 18.2 Å². The number of benzene rings is 4. The monoisotopic (exact) mass is 480 g/mol. The fourth-order valence-corrected chi connectivity index (χ4v) is 4.68. The van der Waals surface area contributed by atoms with Crippen LogP contribution in [-0.4, -0.2) is 33.1 Å². The van der Waals surface area contributed by atoms with Crippen LogP contribution in [0.15, 0.2) is 121 Å². The maximum absolute atomic E-state index is 12.3. The van der Waals surface area contributed by atoms with Gasteiger partial charge in [0, 0.05) is 30.5 Å². The minimum atomic E-state index is -1.17. The van der Waals surface area contributed by atoms with Gasteiger partial charge in [-0.25, -0.2) is 0 Å². The first kappa shape index (κ1) is 25.3. The lowest BCUT2D eigenvalue weighted by atomic mass is 9.91. The van der Waals surface area contributed by atoms with Crippen LogP contribution >= 0.6 is 0 Å². The quantitative estimate of drug-likeness (QED) is 0.213. The summed E-state index contributed by atoms with van der Waals surface area (Å²) in [7, 11) is 0. The molecule has 0 saturated heterocycles. The fraction of sp³-hybridized carbons (Fsp3) is 0.226. The van der Waals surface area contributed by atoms with E-state index in [1.165, 1.54) is 0 Å². The SMILES string of the molecule is O=[N+]([O-])C(Cc1ccccc1)C(O)[C@H](Cc1ccccc1)N(Cc1ccccc1)Cc1ccccc1. The molecule has 0 radical (unpaired) electrons. The van der Waals surface area contributed by atoms with Crippen molar-refractivity contribution in [2.75, 3.05) is 0 Å². The molecule has 0 saturated carbocycles. The van der Waals surface area contributed by atoms with E-state index in [9.17, 15) is 15.2 Å². The van der Waals surface area contributed by atoms with Gasteiger partial charge in [0.15, 0.2) is 0 Å². The average Bonchev–Trinajstić information content (AvgIpc) is 2.92. The number of hydrogen-bond donors (Lipinski definition) is 1. The largest absolute Gasteiger partial charge is 0.384 e. The summed E-state index contributed by atoms with van der Waals surface area (Å²) in [6.07, 6.45) is -0.501. The minimum Gasteiger partial charge on any atom is -0.384 e. The van der Waals surface area contributed by atoms with Crippen LogP contribution in [0.25, 0.3) is 0 Å². The molecule has 0 amide bonds. The van der Waals surface area contributed by atoms with Crippen LogP contribution in [0.2, 0.25) is 0 Å². The van der Waals surface area contributed by atoms with Gasteiger partial charge in [-0.1, -0.05) is 121 Å². The molecule has 0 fully saturated rings. The highest BCUT2D eigenvalue weighted by atomic mass is 16.6. The molecule has 0 aliphatic heterocycles. The fourth-order valence-electron chi connectivity index (χ4n) is 4.68. The van der Waals surface area contributed by atoms with Gasteiger partial charge in [-0.15, -0.1) is 0 Å². The summed E-state index contributed by atoms with van der Waals surface area (Å²) in [4.78, 5) is 14.1. The van der Waals surface area contributed by atoms with Gasteiger partial charge in [-0.2, -0.15) is 0 Å². The highest BCUT2D eigenvalue weighted by molar-refractivity contribution is 5.21. The van der Waals surface area contributed by atoms with E-state index in [1.807, 2.05) is 97.1 Å². The number of hydrogen-bond acceptors (Lipinski definition) is 4. The Kier molecular flexibility index (Phi) is 8.98. The second-order valence-electron chi connectivity index (χ2n) is 9.17. The number of nitrogens with zero attached hydrogens (tertiary/aromatic N) is 2. The standard InChI is InChI=1S/C31H32N2O3/c34-31(30(33(35)36)22-26-15-7-2-8-16-26)29(21-25-13-5-1-6-14-25)32(23-27-17-9-3-10-18-27)24-28-19-11-4-12-20-28/h1-20,29-31,34H,21-24H2/t29-,30?,31?/m0/s1. The summed E-state index contributed by atoms with van der Waals surface area (Å²) in [5.74, 6) is 0. The maximum atomic E-state index is 12.3. The van der Waals surface area contributed by atoms with Gasteiger partial charge in [0.05, 0.1) is 0 Å². The third-order valence-corrected chi connectivity index (χ3v) is 6.56. The molecule has 0 aliphatic rings. The molecular weight excluding hydrogens is 448 g/mol. The number of nitro groups is 1. The zero-order chi connectivity index (χ0) is 25.2. The summed E-state index contributed by atoms with van der Waals surface area (Å²) in [6.45, 7) is 1.14. The summed E-state index contributed by atoms with van der Waals surface area (Å²) < 4.78 is 0. The summed E-state index contributed by atoms with van der Waals surface area (Å²) in [5, 5.41) is 24.0. The Hall–Kier alpha value is -3.80. The Morgan fingerprint density at radius 1 is 0.611 bits per heavy atom. The van der Waals surface area contributed by atoms with Crippen molar-refractivity contribution >= 4 is 0 Å². The Labute approximate surface area is 212 Å². The van der Waals surface area contributed by atoms with E-state index in [-0.39, 0.29) is 11.3 Å². The normalized spacial score (nSPS) is 13.7. The van der Waals surface area contributed by atoms with Crippen molar-refractivity contribution in [1.82, 2.24) is 4.90 Å². The van der Waals surface area contributed by atoms with E-state index in [1.54, 1.807) is 0 Å². The molecule has 0 aliphatic carbocycles. The lowest BCUT2D eigenvalue weighted by Crippen LogP contribution is -2.52. The van der Waals surface area contributed by atoms with Gasteiger partial charge >= 0.3 is 0 Å². The molecule has 4 rings (SSSR count). The zero-order valence-corrected chi connectivity index (χ0v) is 20.3. The van der Waals surface area contributed by atoms with E-state index >= 15 is 0 Å². The molecule has 0 bridgehead atoms. The minimum absolute atomic E-state index is 0.171. The molecule has 4 aromatic carbocycles. The summed E-state index contributed by atoms with van der Waals surface area (Å²) in [5.41, 5.74) is 4.07. The van der Waals surface area contributed by atoms with Crippen LogP contribution in [0.1, 0.15) is 22.3 Å².